The molecule has 3 heterocycles. The minimum Gasteiger partial charge on any atom is -0.497 e. The zero-order chi connectivity index (χ0) is 27.4. The highest BCUT2D eigenvalue weighted by Gasteiger charge is 2.23. The summed E-state index contributed by atoms with van der Waals surface area (Å²) in [6.45, 7) is 6.45. The second-order valence-corrected chi connectivity index (χ2v) is 9.63. The van der Waals surface area contributed by atoms with Crippen LogP contribution in [0, 0.1) is 0 Å². The molecule has 2 aromatic carbocycles. The molecule has 39 heavy (non-hydrogen) atoms. The number of carbonyl (C=O) groups excluding carboxylic acids is 2. The maximum absolute atomic E-state index is 13.2. The van der Waals surface area contributed by atoms with E-state index in [4.69, 9.17) is 14.5 Å². The Bertz CT molecular complexity index is 1470. The zero-order valence-electron chi connectivity index (χ0n) is 22.7. The number of nitrogens with zero attached hydrogens (tertiary/aromatic N) is 4. The van der Waals surface area contributed by atoms with Gasteiger partial charge in [-0.3, -0.25) is 9.59 Å². The zero-order valence-corrected chi connectivity index (χ0v) is 22.7. The van der Waals surface area contributed by atoms with Gasteiger partial charge in [-0.2, -0.15) is 0 Å². The average molecular weight is 527 g/mol. The van der Waals surface area contributed by atoms with Gasteiger partial charge in [-0.05, 0) is 73.0 Å². The molecule has 0 saturated carbocycles. The minimum atomic E-state index is 0.0551. The number of carbonyl (C=O) groups is 2. The van der Waals surface area contributed by atoms with Crippen LogP contribution in [0.25, 0.3) is 28.0 Å². The van der Waals surface area contributed by atoms with E-state index < -0.39 is 0 Å². The molecule has 2 amide bonds. The minimum absolute atomic E-state index is 0.0551. The molecule has 1 fully saturated rings. The van der Waals surface area contributed by atoms with Crippen molar-refractivity contribution in [1.29, 1.82) is 0 Å². The topological polar surface area (TPSA) is 76.4 Å². The fraction of sp³-hybridized carbons (Fsp3) is 0.323. The summed E-state index contributed by atoms with van der Waals surface area (Å²) >= 11 is 0. The fourth-order valence-corrected chi connectivity index (χ4v) is 5.07. The van der Waals surface area contributed by atoms with Crippen LogP contribution in [0.3, 0.4) is 0 Å². The number of fused-ring (bicyclic) bond motifs is 1. The lowest BCUT2D eigenvalue weighted by molar-refractivity contribution is -0.138. The van der Waals surface area contributed by atoms with Gasteiger partial charge >= 0.3 is 0 Å². The summed E-state index contributed by atoms with van der Waals surface area (Å²) in [4.78, 5) is 33.5. The van der Waals surface area contributed by atoms with Crippen molar-refractivity contribution in [3.63, 3.8) is 0 Å². The molecule has 8 nitrogen and oxygen atoms in total. The van der Waals surface area contributed by atoms with Crippen LogP contribution in [0.15, 0.2) is 66.9 Å². The lowest BCUT2D eigenvalue weighted by Gasteiger charge is -2.34. The van der Waals surface area contributed by atoms with Gasteiger partial charge in [0, 0.05) is 51.3 Å². The number of imidazole rings is 1. The van der Waals surface area contributed by atoms with E-state index in [1.807, 2.05) is 60.4 Å². The first-order valence-corrected chi connectivity index (χ1v) is 13.4. The van der Waals surface area contributed by atoms with Crippen molar-refractivity contribution < 1.29 is 19.1 Å². The van der Waals surface area contributed by atoms with Crippen LogP contribution >= 0.6 is 0 Å². The van der Waals surface area contributed by atoms with E-state index in [2.05, 4.69) is 22.7 Å². The summed E-state index contributed by atoms with van der Waals surface area (Å²) in [5.74, 6) is 1.75. The maximum Gasteiger partial charge on any atom is 0.223 e. The first-order chi connectivity index (χ1) is 19.0. The smallest absolute Gasteiger partial charge is 0.223 e. The Morgan fingerprint density at radius 3 is 2.28 bits per heavy atom. The fourth-order valence-electron chi connectivity index (χ4n) is 5.07. The van der Waals surface area contributed by atoms with Crippen molar-refractivity contribution in [3.05, 3.63) is 72.6 Å². The van der Waals surface area contributed by atoms with E-state index in [1.165, 1.54) is 0 Å². The molecule has 0 spiro atoms. The molecule has 4 aromatic rings. The van der Waals surface area contributed by atoms with E-state index in [0.29, 0.717) is 45.6 Å². The molecule has 0 N–H and O–H groups in total. The second-order valence-electron chi connectivity index (χ2n) is 9.63. The van der Waals surface area contributed by atoms with Gasteiger partial charge in [-0.25, -0.2) is 4.98 Å². The molecule has 202 valence electrons. The monoisotopic (exact) mass is 526 g/mol. The number of pyridine rings is 1. The molecule has 0 atom stereocenters. The first kappa shape index (κ1) is 26.3. The number of piperazine rings is 1. The predicted molar refractivity (Wildman–Crippen MR) is 151 cm³/mol. The summed E-state index contributed by atoms with van der Waals surface area (Å²) in [6.07, 6.45) is 2.99. The van der Waals surface area contributed by atoms with Gasteiger partial charge in [0.05, 0.1) is 25.1 Å². The van der Waals surface area contributed by atoms with Gasteiger partial charge < -0.3 is 23.7 Å². The Labute approximate surface area is 228 Å². The van der Waals surface area contributed by atoms with Crippen molar-refractivity contribution >= 4 is 17.5 Å². The molecule has 0 unspecified atom stereocenters. The normalized spacial score (nSPS) is 13.5. The number of rotatable bonds is 8. The van der Waals surface area contributed by atoms with Crippen LogP contribution < -0.4 is 9.47 Å². The predicted octanol–water partition coefficient (Wildman–Crippen LogP) is 4.70. The standard InChI is InChI=1S/C31H34N4O4/c1-4-39-27-7-5-6-24(20-27)25-10-14-29-32-31(23-8-11-26(38-3)12-9-23)28(35(29)21-25)13-15-30(37)34-18-16-33(17-19-34)22(2)36/h5-12,14,20-21H,4,13,15-19H2,1-3H3. The maximum atomic E-state index is 13.2. The third kappa shape index (κ3) is 5.74. The Kier molecular flexibility index (Phi) is 7.81. The third-order valence-corrected chi connectivity index (χ3v) is 7.21. The van der Waals surface area contributed by atoms with E-state index in [0.717, 1.165) is 45.2 Å². The summed E-state index contributed by atoms with van der Waals surface area (Å²) < 4.78 is 13.2. The van der Waals surface area contributed by atoms with E-state index >= 15 is 0 Å². The molecule has 5 rings (SSSR count). The van der Waals surface area contributed by atoms with Crippen molar-refractivity contribution in [2.24, 2.45) is 0 Å². The van der Waals surface area contributed by atoms with Crippen LogP contribution in [0.1, 0.15) is 26.0 Å². The SMILES string of the molecule is CCOc1cccc(-c2ccc3nc(-c4ccc(OC)cc4)c(CCC(=O)N4CCN(C(C)=O)CC4)n3c2)c1. The second kappa shape index (κ2) is 11.6. The number of aromatic nitrogens is 2. The third-order valence-electron chi connectivity index (χ3n) is 7.21. The van der Waals surface area contributed by atoms with Crippen molar-refractivity contribution in [3.8, 4) is 33.9 Å². The summed E-state index contributed by atoms with van der Waals surface area (Å²) in [6, 6.07) is 20.0. The molecule has 1 saturated heterocycles. The molecule has 0 radical (unpaired) electrons. The summed E-state index contributed by atoms with van der Waals surface area (Å²) in [5.41, 5.74) is 5.71. The highest BCUT2D eigenvalue weighted by molar-refractivity contribution is 5.78. The Morgan fingerprint density at radius 1 is 0.872 bits per heavy atom. The van der Waals surface area contributed by atoms with Gasteiger partial charge in [-0.15, -0.1) is 0 Å². The van der Waals surface area contributed by atoms with Crippen LogP contribution in [-0.4, -0.2) is 70.9 Å². The molecular weight excluding hydrogens is 492 g/mol. The number of hydrogen-bond acceptors (Lipinski definition) is 5. The number of ether oxygens (including phenoxy) is 2. The van der Waals surface area contributed by atoms with Crippen molar-refractivity contribution in [2.75, 3.05) is 39.9 Å². The molecule has 8 heteroatoms. The quantitative estimate of drug-likeness (QED) is 0.333. The van der Waals surface area contributed by atoms with E-state index in [1.54, 1.807) is 18.9 Å². The highest BCUT2D eigenvalue weighted by Crippen LogP contribution is 2.30. The lowest BCUT2D eigenvalue weighted by atomic mass is 10.1. The lowest BCUT2D eigenvalue weighted by Crippen LogP contribution is -2.50. The molecule has 0 bridgehead atoms. The van der Waals surface area contributed by atoms with Crippen LogP contribution in [0.4, 0.5) is 0 Å². The van der Waals surface area contributed by atoms with E-state index in [9.17, 15) is 9.59 Å². The van der Waals surface area contributed by atoms with Gasteiger partial charge in [0.1, 0.15) is 17.1 Å². The summed E-state index contributed by atoms with van der Waals surface area (Å²) in [7, 11) is 1.65. The molecule has 0 aliphatic carbocycles. The number of amides is 2. The largest absolute Gasteiger partial charge is 0.497 e. The van der Waals surface area contributed by atoms with Gasteiger partial charge in [-0.1, -0.05) is 12.1 Å². The molecule has 2 aromatic heterocycles. The number of hydrogen-bond donors (Lipinski definition) is 0. The number of benzene rings is 2. The first-order valence-electron chi connectivity index (χ1n) is 13.4. The van der Waals surface area contributed by atoms with Gasteiger partial charge in [0.15, 0.2) is 0 Å². The number of methoxy groups -OCH3 is 1. The average Bonchev–Trinajstić information content (AvgIpc) is 3.34. The molecule has 1 aliphatic rings. The van der Waals surface area contributed by atoms with Crippen molar-refractivity contribution in [2.45, 2.75) is 26.7 Å². The number of aryl methyl sites for hydroxylation is 1. The van der Waals surface area contributed by atoms with Gasteiger partial charge in [0.25, 0.3) is 0 Å². The Hall–Kier alpha value is -4.33. The molecule has 1 aliphatic heterocycles. The van der Waals surface area contributed by atoms with E-state index in [-0.39, 0.29) is 11.8 Å². The Balaban J connectivity index is 1.47. The highest BCUT2D eigenvalue weighted by atomic mass is 16.5. The van der Waals surface area contributed by atoms with Crippen molar-refractivity contribution in [1.82, 2.24) is 19.2 Å². The van der Waals surface area contributed by atoms with Crippen LogP contribution in [0.5, 0.6) is 11.5 Å². The van der Waals surface area contributed by atoms with Gasteiger partial charge in [0.2, 0.25) is 11.8 Å². The molecular formula is C31H34N4O4. The van der Waals surface area contributed by atoms with Crippen LogP contribution in [0.2, 0.25) is 0 Å². The summed E-state index contributed by atoms with van der Waals surface area (Å²) in [5, 5.41) is 0. The Morgan fingerprint density at radius 2 is 1.59 bits per heavy atom. The van der Waals surface area contributed by atoms with Crippen LogP contribution in [-0.2, 0) is 16.0 Å².